The molecule has 0 bridgehead atoms. The summed E-state index contributed by atoms with van der Waals surface area (Å²) in [6.07, 6.45) is -0.0573. The molecule has 0 aliphatic carbocycles. The van der Waals surface area contributed by atoms with Gasteiger partial charge in [0.25, 0.3) is 0 Å². The Hall–Kier alpha value is -0.330. The smallest absolute Gasteiger partial charge is 0.313 e. The Bertz CT molecular complexity index is 218. The van der Waals surface area contributed by atoms with Gasteiger partial charge in [0.1, 0.15) is 0 Å². The number of hydrogen-bond acceptors (Lipinski definition) is 3. The molecule has 18 heavy (non-hydrogen) atoms. The average Bonchev–Trinajstić information content (AvgIpc) is 2.29. The van der Waals surface area contributed by atoms with Gasteiger partial charge in [-0.15, -0.1) is 13.2 Å². The zero-order chi connectivity index (χ0) is 13.4. The highest BCUT2D eigenvalue weighted by Gasteiger charge is 2.29. The van der Waals surface area contributed by atoms with Crippen molar-refractivity contribution in [2.24, 2.45) is 0 Å². The Morgan fingerprint density at radius 1 is 1.28 bits per heavy atom. The van der Waals surface area contributed by atoms with Gasteiger partial charge in [-0.25, -0.2) is 0 Å². The van der Waals surface area contributed by atoms with Crippen molar-refractivity contribution in [3.8, 4) is 0 Å². The van der Waals surface area contributed by atoms with Gasteiger partial charge >= 0.3 is 6.36 Å². The van der Waals surface area contributed by atoms with Gasteiger partial charge in [-0.05, 0) is 32.4 Å². The fourth-order valence-corrected chi connectivity index (χ4v) is 2.29. The minimum atomic E-state index is -4.51. The largest absolute Gasteiger partial charge is 0.522 e. The van der Waals surface area contributed by atoms with Gasteiger partial charge in [0.05, 0.1) is 6.61 Å². The van der Waals surface area contributed by atoms with Crippen molar-refractivity contribution < 1.29 is 17.9 Å². The summed E-state index contributed by atoms with van der Waals surface area (Å²) in [4.78, 5) is 2.05. The molecule has 1 aliphatic heterocycles. The quantitative estimate of drug-likeness (QED) is 0.767. The van der Waals surface area contributed by atoms with E-state index in [9.17, 15) is 13.2 Å². The summed E-state index contributed by atoms with van der Waals surface area (Å²) in [5.74, 6) is 0. The Morgan fingerprint density at radius 3 is 2.61 bits per heavy atom. The van der Waals surface area contributed by atoms with E-state index in [1.165, 1.54) is 12.8 Å². The van der Waals surface area contributed by atoms with E-state index >= 15 is 0 Å². The van der Waals surface area contributed by atoms with Crippen LogP contribution in [0.15, 0.2) is 0 Å². The summed E-state index contributed by atoms with van der Waals surface area (Å²) in [5, 5.41) is 3.41. The first-order valence-electron chi connectivity index (χ1n) is 6.67. The third-order valence-electron chi connectivity index (χ3n) is 3.10. The van der Waals surface area contributed by atoms with E-state index in [1.54, 1.807) is 0 Å². The second-order valence-corrected chi connectivity index (χ2v) is 4.74. The molecule has 6 heteroatoms. The molecule has 1 heterocycles. The minimum absolute atomic E-state index is 0.282. The van der Waals surface area contributed by atoms with Gasteiger partial charge in [-0.2, -0.15) is 0 Å². The van der Waals surface area contributed by atoms with Crippen molar-refractivity contribution in [3.05, 3.63) is 0 Å². The lowest BCUT2D eigenvalue weighted by Gasteiger charge is -2.30. The number of hydrogen-bond donors (Lipinski definition) is 1. The maximum absolute atomic E-state index is 11.9. The maximum Gasteiger partial charge on any atom is 0.522 e. The molecule has 1 fully saturated rings. The van der Waals surface area contributed by atoms with Crippen LogP contribution in [-0.4, -0.2) is 50.1 Å². The van der Waals surface area contributed by atoms with Crippen LogP contribution >= 0.6 is 0 Å². The maximum atomic E-state index is 11.9. The Kier molecular flexibility index (Phi) is 6.96. The number of piperidine rings is 1. The number of alkyl halides is 3. The molecule has 0 aromatic heterocycles. The van der Waals surface area contributed by atoms with Gasteiger partial charge in [0.2, 0.25) is 0 Å². The van der Waals surface area contributed by atoms with Crippen LogP contribution in [0.2, 0.25) is 0 Å². The number of halogens is 3. The highest BCUT2D eigenvalue weighted by atomic mass is 19.4. The van der Waals surface area contributed by atoms with Crippen LogP contribution in [0.25, 0.3) is 0 Å². The molecule has 0 aromatic carbocycles. The van der Waals surface area contributed by atoms with Gasteiger partial charge < -0.3 is 5.32 Å². The Labute approximate surface area is 107 Å². The van der Waals surface area contributed by atoms with Crippen molar-refractivity contribution >= 4 is 0 Å². The number of nitrogens with one attached hydrogen (secondary N) is 1. The van der Waals surface area contributed by atoms with Crippen molar-refractivity contribution in [2.45, 2.75) is 45.0 Å². The molecular formula is C12H23F3N2O. The topological polar surface area (TPSA) is 24.5 Å². The van der Waals surface area contributed by atoms with Crippen LogP contribution in [0.4, 0.5) is 13.2 Å². The zero-order valence-corrected chi connectivity index (χ0v) is 10.9. The van der Waals surface area contributed by atoms with E-state index < -0.39 is 6.36 Å². The van der Waals surface area contributed by atoms with Crippen LogP contribution in [-0.2, 0) is 4.74 Å². The summed E-state index contributed by atoms with van der Waals surface area (Å²) < 4.78 is 39.5. The Morgan fingerprint density at radius 2 is 2.06 bits per heavy atom. The lowest BCUT2D eigenvalue weighted by atomic mass is 10.0. The lowest BCUT2D eigenvalue weighted by molar-refractivity contribution is -0.325. The van der Waals surface area contributed by atoms with Crippen molar-refractivity contribution in [2.75, 3.05) is 32.8 Å². The molecule has 0 spiro atoms. The van der Waals surface area contributed by atoms with Crippen molar-refractivity contribution in [1.29, 1.82) is 0 Å². The van der Waals surface area contributed by atoms with E-state index in [0.717, 1.165) is 32.5 Å². The van der Waals surface area contributed by atoms with E-state index in [0.29, 0.717) is 12.6 Å². The lowest BCUT2D eigenvalue weighted by Crippen LogP contribution is -2.45. The second-order valence-electron chi connectivity index (χ2n) is 4.74. The predicted octanol–water partition coefficient (Wildman–Crippen LogP) is 2.38. The van der Waals surface area contributed by atoms with Gasteiger partial charge in [-0.1, -0.05) is 13.3 Å². The molecule has 108 valence electrons. The Balaban J connectivity index is 2.25. The number of ether oxygens (including phenoxy) is 1. The average molecular weight is 268 g/mol. The van der Waals surface area contributed by atoms with Crippen LogP contribution in [0, 0.1) is 0 Å². The summed E-state index contributed by atoms with van der Waals surface area (Å²) in [5.41, 5.74) is 0. The van der Waals surface area contributed by atoms with Crippen LogP contribution < -0.4 is 5.32 Å². The molecule has 3 nitrogen and oxygen atoms in total. The summed E-state index contributed by atoms with van der Waals surface area (Å²) in [6.45, 7) is 4.74. The van der Waals surface area contributed by atoms with Crippen LogP contribution in [0.5, 0.6) is 0 Å². The molecule has 0 amide bonds. The monoisotopic (exact) mass is 268 g/mol. The first kappa shape index (κ1) is 15.7. The van der Waals surface area contributed by atoms with E-state index in [2.05, 4.69) is 15.0 Å². The van der Waals surface area contributed by atoms with Gasteiger partial charge in [0, 0.05) is 19.1 Å². The minimum Gasteiger partial charge on any atom is -0.313 e. The molecule has 1 aliphatic rings. The highest BCUT2D eigenvalue weighted by Crippen LogP contribution is 2.16. The molecule has 1 rings (SSSR count). The molecule has 1 unspecified atom stereocenters. The van der Waals surface area contributed by atoms with E-state index in [-0.39, 0.29) is 6.61 Å². The van der Waals surface area contributed by atoms with E-state index in [1.807, 2.05) is 6.92 Å². The third kappa shape index (κ3) is 7.18. The van der Waals surface area contributed by atoms with Gasteiger partial charge in [-0.3, -0.25) is 9.64 Å². The number of rotatable bonds is 7. The molecule has 1 N–H and O–H groups in total. The molecule has 0 radical (unpaired) electrons. The van der Waals surface area contributed by atoms with E-state index in [4.69, 9.17) is 0 Å². The second kappa shape index (κ2) is 7.96. The summed E-state index contributed by atoms with van der Waals surface area (Å²) in [6, 6.07) is 0.413. The molecule has 1 atom stereocenters. The van der Waals surface area contributed by atoms with Crippen LogP contribution in [0.3, 0.4) is 0 Å². The molecular weight excluding hydrogens is 245 g/mol. The zero-order valence-electron chi connectivity index (χ0n) is 10.9. The molecule has 0 saturated carbocycles. The first-order valence-corrected chi connectivity index (χ1v) is 6.67. The fraction of sp³-hybridized carbons (Fsp3) is 1.00. The predicted molar refractivity (Wildman–Crippen MR) is 64.4 cm³/mol. The molecule has 1 saturated heterocycles. The van der Waals surface area contributed by atoms with Crippen molar-refractivity contribution in [3.63, 3.8) is 0 Å². The molecule has 0 aromatic rings. The summed E-state index contributed by atoms with van der Waals surface area (Å²) >= 11 is 0. The SMILES string of the molecule is CCCN(CCOC(F)(F)F)CC1CCCCN1. The van der Waals surface area contributed by atoms with Crippen molar-refractivity contribution in [1.82, 2.24) is 10.2 Å². The summed E-state index contributed by atoms with van der Waals surface area (Å²) in [7, 11) is 0. The normalized spacial score (nSPS) is 21.5. The number of nitrogens with zero attached hydrogens (tertiary/aromatic N) is 1. The fourth-order valence-electron chi connectivity index (χ4n) is 2.29. The highest BCUT2D eigenvalue weighted by molar-refractivity contribution is 4.76. The van der Waals surface area contributed by atoms with Crippen LogP contribution in [0.1, 0.15) is 32.6 Å². The van der Waals surface area contributed by atoms with Gasteiger partial charge in [0.15, 0.2) is 0 Å². The third-order valence-corrected chi connectivity index (χ3v) is 3.10. The first-order chi connectivity index (χ1) is 8.51. The standard InChI is InChI=1S/C12H23F3N2O/c1-2-7-17(8-9-18-12(13,14)15)10-11-5-3-4-6-16-11/h11,16H,2-10H2,1H3.